The lowest BCUT2D eigenvalue weighted by Crippen LogP contribution is -2.25. The van der Waals surface area contributed by atoms with E-state index in [9.17, 15) is 18.3 Å². The highest BCUT2D eigenvalue weighted by atomic mass is 79.9. The molecule has 0 amide bonds. The van der Waals surface area contributed by atoms with Crippen molar-refractivity contribution >= 4 is 15.9 Å². The van der Waals surface area contributed by atoms with E-state index in [1.54, 1.807) is 6.07 Å². The zero-order valence-electron chi connectivity index (χ0n) is 12.0. The minimum atomic E-state index is -4.41. The number of alkyl halides is 3. The molecule has 0 heterocycles. The van der Waals surface area contributed by atoms with Crippen LogP contribution >= 0.6 is 15.9 Å². The number of rotatable bonds is 3. The predicted octanol–water partition coefficient (Wildman–Crippen LogP) is 5.72. The first-order valence-electron chi connectivity index (χ1n) is 7.39. The van der Waals surface area contributed by atoms with Crippen LogP contribution in [0.1, 0.15) is 56.3 Å². The molecule has 1 nitrogen and oxygen atoms in total. The molecule has 3 unspecified atom stereocenters. The van der Waals surface area contributed by atoms with Crippen molar-refractivity contribution in [2.75, 3.05) is 0 Å². The highest BCUT2D eigenvalue weighted by Crippen LogP contribution is 2.42. The van der Waals surface area contributed by atoms with Gasteiger partial charge in [0, 0.05) is 4.47 Å². The number of benzene rings is 1. The molecule has 1 aromatic rings. The number of aliphatic hydroxyl groups excluding tert-OH is 1. The molecule has 1 fully saturated rings. The molecule has 3 atom stereocenters. The fourth-order valence-corrected chi connectivity index (χ4v) is 3.82. The fourth-order valence-electron chi connectivity index (χ4n) is 3.35. The van der Waals surface area contributed by atoms with E-state index in [0.717, 1.165) is 38.2 Å². The van der Waals surface area contributed by atoms with Crippen molar-refractivity contribution in [2.45, 2.75) is 51.3 Å². The van der Waals surface area contributed by atoms with Crippen molar-refractivity contribution in [1.82, 2.24) is 0 Å². The third-order valence-corrected chi connectivity index (χ3v) is 5.23. The first-order chi connectivity index (χ1) is 9.84. The normalized spacial score (nSPS) is 24.9. The van der Waals surface area contributed by atoms with E-state index in [2.05, 4.69) is 22.9 Å². The van der Waals surface area contributed by atoms with Crippen LogP contribution in [0.2, 0.25) is 0 Å². The zero-order valence-corrected chi connectivity index (χ0v) is 13.5. The summed E-state index contributed by atoms with van der Waals surface area (Å²) in [5, 5.41) is 10.5. The minimum Gasteiger partial charge on any atom is -0.388 e. The molecular weight excluding hydrogens is 345 g/mol. The lowest BCUT2D eigenvalue weighted by Gasteiger charge is -2.34. The molecule has 0 radical (unpaired) electrons. The second kappa shape index (κ2) is 6.69. The van der Waals surface area contributed by atoms with Crippen LogP contribution in [-0.4, -0.2) is 5.11 Å². The van der Waals surface area contributed by atoms with Gasteiger partial charge in [-0.2, -0.15) is 13.2 Å². The third-order valence-electron chi connectivity index (χ3n) is 4.54. The Kier molecular flexibility index (Phi) is 5.36. The molecule has 0 spiro atoms. The van der Waals surface area contributed by atoms with Gasteiger partial charge < -0.3 is 5.11 Å². The number of hydrogen-bond donors (Lipinski definition) is 1. The first-order valence-corrected chi connectivity index (χ1v) is 8.18. The van der Waals surface area contributed by atoms with Crippen molar-refractivity contribution in [3.05, 3.63) is 33.8 Å². The highest BCUT2D eigenvalue weighted by Gasteiger charge is 2.35. The van der Waals surface area contributed by atoms with E-state index in [1.807, 2.05) is 0 Å². The van der Waals surface area contributed by atoms with Crippen molar-refractivity contribution in [1.29, 1.82) is 0 Å². The summed E-state index contributed by atoms with van der Waals surface area (Å²) in [5.41, 5.74) is -0.348. The van der Waals surface area contributed by atoms with Crippen LogP contribution < -0.4 is 0 Å². The fraction of sp³-hybridized carbons (Fsp3) is 0.625. The summed E-state index contributed by atoms with van der Waals surface area (Å²) >= 11 is 2.94. The Balaban J connectivity index is 2.28. The molecular formula is C16H20BrF3O. The number of aliphatic hydroxyl groups is 1. The Hall–Kier alpha value is -0.550. The first kappa shape index (κ1) is 16.8. The van der Waals surface area contributed by atoms with Crippen LogP contribution in [0.4, 0.5) is 13.2 Å². The van der Waals surface area contributed by atoms with E-state index < -0.39 is 17.8 Å². The average molecular weight is 365 g/mol. The molecule has 0 bridgehead atoms. The second-order valence-corrected chi connectivity index (χ2v) is 6.65. The van der Waals surface area contributed by atoms with Gasteiger partial charge in [-0.25, -0.2) is 0 Å². The van der Waals surface area contributed by atoms with E-state index >= 15 is 0 Å². The highest BCUT2D eigenvalue weighted by molar-refractivity contribution is 9.10. The smallest absolute Gasteiger partial charge is 0.388 e. The van der Waals surface area contributed by atoms with Crippen LogP contribution in [0.5, 0.6) is 0 Å². The Morgan fingerprint density at radius 1 is 1.29 bits per heavy atom. The molecule has 5 heteroatoms. The molecule has 0 aromatic heterocycles. The van der Waals surface area contributed by atoms with Gasteiger partial charge in [0.2, 0.25) is 0 Å². The molecule has 1 saturated carbocycles. The molecule has 0 saturated heterocycles. The molecule has 2 rings (SSSR count). The summed E-state index contributed by atoms with van der Waals surface area (Å²) < 4.78 is 38.9. The summed E-state index contributed by atoms with van der Waals surface area (Å²) in [6.07, 6.45) is -0.130. The molecule has 1 aliphatic carbocycles. The van der Waals surface area contributed by atoms with Gasteiger partial charge in [0.1, 0.15) is 0 Å². The average Bonchev–Trinajstić information content (AvgIpc) is 2.45. The molecule has 1 aliphatic rings. The van der Waals surface area contributed by atoms with Gasteiger partial charge in [-0.1, -0.05) is 54.6 Å². The maximum absolute atomic E-state index is 13.0. The van der Waals surface area contributed by atoms with E-state index in [4.69, 9.17) is 0 Å². The molecule has 0 aliphatic heterocycles. The standard InChI is InChI=1S/C16H20BrF3O/c1-2-10-5-3-4-6-12(10)15(21)11-7-8-14(17)13(9-11)16(18,19)20/h7-10,12,15,21H,2-6H2,1H3. The van der Waals surface area contributed by atoms with Gasteiger partial charge in [-0.05, 0) is 36.0 Å². The molecule has 118 valence electrons. The van der Waals surface area contributed by atoms with Crippen LogP contribution in [-0.2, 0) is 6.18 Å². The molecule has 1 aromatic carbocycles. The van der Waals surface area contributed by atoms with Crippen LogP contribution in [0.25, 0.3) is 0 Å². The van der Waals surface area contributed by atoms with E-state index in [0.29, 0.717) is 11.5 Å². The Morgan fingerprint density at radius 2 is 1.95 bits per heavy atom. The van der Waals surface area contributed by atoms with Gasteiger partial charge in [0.25, 0.3) is 0 Å². The summed E-state index contributed by atoms with van der Waals surface area (Å²) in [6, 6.07) is 4.05. The maximum atomic E-state index is 13.0. The van der Waals surface area contributed by atoms with Crippen molar-refractivity contribution in [3.8, 4) is 0 Å². The van der Waals surface area contributed by atoms with Crippen molar-refractivity contribution < 1.29 is 18.3 Å². The number of halogens is 4. The Morgan fingerprint density at radius 3 is 2.57 bits per heavy atom. The van der Waals surface area contributed by atoms with Gasteiger partial charge in [0.05, 0.1) is 11.7 Å². The van der Waals surface area contributed by atoms with Gasteiger partial charge >= 0.3 is 6.18 Å². The summed E-state index contributed by atoms with van der Waals surface area (Å²) in [7, 11) is 0. The maximum Gasteiger partial charge on any atom is 0.417 e. The van der Waals surface area contributed by atoms with E-state index in [-0.39, 0.29) is 10.4 Å². The van der Waals surface area contributed by atoms with Gasteiger partial charge in [-0.3, -0.25) is 0 Å². The summed E-state index contributed by atoms with van der Waals surface area (Å²) in [6.45, 7) is 2.08. The number of hydrogen-bond acceptors (Lipinski definition) is 1. The van der Waals surface area contributed by atoms with Gasteiger partial charge in [0.15, 0.2) is 0 Å². The Labute approximate surface area is 131 Å². The summed E-state index contributed by atoms with van der Waals surface area (Å²) in [5.74, 6) is 0.456. The van der Waals surface area contributed by atoms with Gasteiger partial charge in [-0.15, -0.1) is 0 Å². The monoisotopic (exact) mass is 364 g/mol. The van der Waals surface area contributed by atoms with Crippen molar-refractivity contribution in [3.63, 3.8) is 0 Å². The topological polar surface area (TPSA) is 20.2 Å². The largest absolute Gasteiger partial charge is 0.417 e. The molecule has 21 heavy (non-hydrogen) atoms. The Bertz CT molecular complexity index is 487. The van der Waals surface area contributed by atoms with Crippen LogP contribution in [0.15, 0.2) is 22.7 Å². The lowest BCUT2D eigenvalue weighted by atomic mass is 9.73. The third kappa shape index (κ3) is 3.81. The molecule has 1 N–H and O–H groups in total. The lowest BCUT2D eigenvalue weighted by molar-refractivity contribution is -0.138. The van der Waals surface area contributed by atoms with E-state index in [1.165, 1.54) is 6.07 Å². The van der Waals surface area contributed by atoms with Crippen LogP contribution in [0, 0.1) is 11.8 Å². The quantitative estimate of drug-likeness (QED) is 0.727. The predicted molar refractivity (Wildman–Crippen MR) is 79.8 cm³/mol. The minimum absolute atomic E-state index is 0.0154. The zero-order chi connectivity index (χ0) is 15.6. The second-order valence-electron chi connectivity index (χ2n) is 5.80. The van der Waals surface area contributed by atoms with Crippen molar-refractivity contribution in [2.24, 2.45) is 11.8 Å². The SMILES string of the molecule is CCC1CCCCC1C(O)c1ccc(Br)c(C(F)(F)F)c1. The summed E-state index contributed by atoms with van der Waals surface area (Å²) in [4.78, 5) is 0. The van der Waals surface area contributed by atoms with Crippen LogP contribution in [0.3, 0.4) is 0 Å².